The number of amides is 1. The largest absolute Gasteiger partial charge is 0.419 e. The fourth-order valence-corrected chi connectivity index (χ4v) is 5.13. The van der Waals surface area contributed by atoms with Gasteiger partial charge in [-0.05, 0) is 64.4 Å². The van der Waals surface area contributed by atoms with Crippen LogP contribution in [0, 0.1) is 0 Å². The first-order valence-electron chi connectivity index (χ1n) is 12.1. The Balaban J connectivity index is 1.48. The number of alkyl halides is 3. The summed E-state index contributed by atoms with van der Waals surface area (Å²) < 4.78 is 41.8. The van der Waals surface area contributed by atoms with E-state index in [1.165, 1.54) is 6.20 Å². The highest BCUT2D eigenvalue weighted by molar-refractivity contribution is 5.97. The number of aromatic amines is 1. The zero-order chi connectivity index (χ0) is 24.1. The lowest BCUT2D eigenvalue weighted by Crippen LogP contribution is -2.50. The molecule has 0 aromatic carbocycles. The number of hydrogen-bond acceptors (Lipinski definition) is 5. The number of carbonyl (C=O) groups excluding carboxylic acids is 1. The SMILES string of the molecule is CC1(C)CC[C@H](Nc2ncc(C(F)(F)F)c(-c3c[nH]c4c3CCCN(C3CCC3)C4=O)n2)CN1. The number of nitrogens with one attached hydrogen (secondary N) is 3. The molecule has 0 unspecified atom stereocenters. The predicted octanol–water partition coefficient (Wildman–Crippen LogP) is 4.37. The Labute approximate surface area is 196 Å². The van der Waals surface area contributed by atoms with Crippen LogP contribution in [-0.2, 0) is 12.6 Å². The molecule has 0 radical (unpaired) electrons. The van der Waals surface area contributed by atoms with Gasteiger partial charge in [0.05, 0.1) is 5.69 Å². The van der Waals surface area contributed by atoms with Gasteiger partial charge in [-0.2, -0.15) is 13.2 Å². The van der Waals surface area contributed by atoms with Crippen molar-refractivity contribution in [2.24, 2.45) is 0 Å². The van der Waals surface area contributed by atoms with E-state index in [-0.39, 0.29) is 35.2 Å². The van der Waals surface area contributed by atoms with Crippen LogP contribution in [0.2, 0.25) is 0 Å². The monoisotopic (exact) mass is 476 g/mol. The van der Waals surface area contributed by atoms with E-state index >= 15 is 0 Å². The molecule has 1 atom stereocenters. The fraction of sp³-hybridized carbons (Fsp3) is 0.625. The van der Waals surface area contributed by atoms with Crippen molar-refractivity contribution in [1.82, 2.24) is 25.2 Å². The van der Waals surface area contributed by atoms with Gasteiger partial charge >= 0.3 is 6.18 Å². The maximum absolute atomic E-state index is 13.9. The molecule has 1 aliphatic carbocycles. The Kier molecular flexibility index (Phi) is 5.82. The Morgan fingerprint density at radius 2 is 2.00 bits per heavy atom. The number of nitrogens with zero attached hydrogens (tertiary/aromatic N) is 3. The van der Waals surface area contributed by atoms with Crippen LogP contribution in [0.5, 0.6) is 0 Å². The highest BCUT2D eigenvalue weighted by Gasteiger charge is 2.39. The minimum Gasteiger partial charge on any atom is -0.356 e. The summed E-state index contributed by atoms with van der Waals surface area (Å²) in [5.41, 5.74) is 0.293. The average Bonchev–Trinajstić information content (AvgIpc) is 3.09. The van der Waals surface area contributed by atoms with Crippen molar-refractivity contribution in [3.63, 3.8) is 0 Å². The summed E-state index contributed by atoms with van der Waals surface area (Å²) in [5.74, 6) is 0.0424. The summed E-state index contributed by atoms with van der Waals surface area (Å²) in [4.78, 5) is 26.4. The topological polar surface area (TPSA) is 85.9 Å². The van der Waals surface area contributed by atoms with E-state index in [0.717, 1.165) is 38.3 Å². The maximum Gasteiger partial charge on any atom is 0.419 e. The van der Waals surface area contributed by atoms with Crippen LogP contribution in [0.4, 0.5) is 19.1 Å². The molecule has 3 aliphatic rings. The van der Waals surface area contributed by atoms with Crippen molar-refractivity contribution in [3.8, 4) is 11.3 Å². The standard InChI is InChI=1S/C24H31F3N6O/c1-23(2)9-8-14(11-30-23)31-22-29-13-18(24(25,26)27)19(32-22)17-12-28-20-16(17)7-4-10-33(21(20)34)15-5-3-6-15/h12-15,28,30H,3-11H2,1-2H3,(H,29,31,32)/t14-/m0/s1. The number of hydrogen-bond donors (Lipinski definition) is 3. The molecule has 3 N–H and O–H groups in total. The first kappa shape index (κ1) is 23.1. The number of rotatable bonds is 4. The predicted molar refractivity (Wildman–Crippen MR) is 123 cm³/mol. The third-order valence-corrected chi connectivity index (χ3v) is 7.43. The van der Waals surface area contributed by atoms with Crippen LogP contribution in [-0.4, -0.2) is 56.5 Å². The van der Waals surface area contributed by atoms with Gasteiger partial charge in [0.1, 0.15) is 11.3 Å². The number of carbonyl (C=O) groups is 1. The third kappa shape index (κ3) is 4.39. The highest BCUT2D eigenvalue weighted by atomic mass is 19.4. The molecular weight excluding hydrogens is 445 g/mol. The molecule has 0 bridgehead atoms. The summed E-state index contributed by atoms with van der Waals surface area (Å²) in [6.07, 6.45) is 3.85. The van der Waals surface area contributed by atoms with Gasteiger partial charge in [0.25, 0.3) is 5.91 Å². The van der Waals surface area contributed by atoms with E-state index in [2.05, 4.69) is 39.4 Å². The molecule has 1 saturated carbocycles. The van der Waals surface area contributed by atoms with Crippen molar-refractivity contribution in [3.05, 3.63) is 29.2 Å². The number of halogens is 3. The van der Waals surface area contributed by atoms with Crippen molar-refractivity contribution in [2.45, 2.75) is 82.6 Å². The van der Waals surface area contributed by atoms with E-state index in [4.69, 9.17) is 0 Å². The van der Waals surface area contributed by atoms with Crippen LogP contribution in [0.3, 0.4) is 0 Å². The van der Waals surface area contributed by atoms with E-state index in [1.807, 2.05) is 4.90 Å². The van der Waals surface area contributed by atoms with E-state index < -0.39 is 11.7 Å². The Morgan fingerprint density at radius 3 is 2.65 bits per heavy atom. The summed E-state index contributed by atoms with van der Waals surface area (Å²) in [6.45, 7) is 5.55. The lowest BCUT2D eigenvalue weighted by atomic mass is 9.91. The highest BCUT2D eigenvalue weighted by Crippen LogP contribution is 2.39. The molecule has 2 aliphatic heterocycles. The number of aromatic nitrogens is 3. The zero-order valence-corrected chi connectivity index (χ0v) is 19.6. The summed E-state index contributed by atoms with van der Waals surface area (Å²) in [7, 11) is 0. The first-order chi connectivity index (χ1) is 16.1. The molecule has 5 rings (SSSR count). The van der Waals surface area contributed by atoms with Gasteiger partial charge in [0, 0.05) is 48.7 Å². The van der Waals surface area contributed by atoms with Gasteiger partial charge in [-0.1, -0.05) is 0 Å². The molecule has 184 valence electrons. The number of anilines is 1. The van der Waals surface area contributed by atoms with Gasteiger partial charge in [0.15, 0.2) is 0 Å². The molecular formula is C24H31F3N6O. The Hall–Kier alpha value is -2.62. The van der Waals surface area contributed by atoms with Crippen molar-refractivity contribution >= 4 is 11.9 Å². The molecule has 4 heterocycles. The smallest absolute Gasteiger partial charge is 0.356 e. The molecule has 2 aromatic heterocycles. The van der Waals surface area contributed by atoms with Crippen molar-refractivity contribution in [2.75, 3.05) is 18.4 Å². The van der Waals surface area contributed by atoms with E-state index in [9.17, 15) is 18.0 Å². The number of fused-ring (bicyclic) bond motifs is 1. The quantitative estimate of drug-likeness (QED) is 0.610. The van der Waals surface area contributed by atoms with Gasteiger partial charge in [-0.15, -0.1) is 0 Å². The van der Waals surface area contributed by atoms with Crippen LogP contribution < -0.4 is 10.6 Å². The molecule has 10 heteroatoms. The van der Waals surface area contributed by atoms with Gasteiger partial charge < -0.3 is 20.5 Å². The molecule has 2 fully saturated rings. The second-order valence-corrected chi connectivity index (χ2v) is 10.3. The van der Waals surface area contributed by atoms with Crippen molar-refractivity contribution < 1.29 is 18.0 Å². The zero-order valence-electron chi connectivity index (χ0n) is 19.6. The molecule has 1 saturated heterocycles. The Bertz CT molecular complexity index is 1070. The normalized spacial score (nSPS) is 23.3. The molecule has 7 nitrogen and oxygen atoms in total. The minimum atomic E-state index is -4.61. The van der Waals surface area contributed by atoms with Crippen molar-refractivity contribution in [1.29, 1.82) is 0 Å². The van der Waals surface area contributed by atoms with Crippen LogP contribution >= 0.6 is 0 Å². The summed E-state index contributed by atoms with van der Waals surface area (Å²) >= 11 is 0. The third-order valence-electron chi connectivity index (χ3n) is 7.43. The van der Waals surface area contributed by atoms with Crippen LogP contribution in [0.25, 0.3) is 11.3 Å². The van der Waals surface area contributed by atoms with E-state index in [0.29, 0.717) is 42.8 Å². The maximum atomic E-state index is 13.9. The Morgan fingerprint density at radius 1 is 1.21 bits per heavy atom. The second-order valence-electron chi connectivity index (χ2n) is 10.3. The number of piperidine rings is 1. The average molecular weight is 477 g/mol. The summed E-state index contributed by atoms with van der Waals surface area (Å²) in [6, 6.07) is 0.262. The van der Waals surface area contributed by atoms with Gasteiger partial charge in [-0.3, -0.25) is 4.79 Å². The summed E-state index contributed by atoms with van der Waals surface area (Å²) in [5, 5.41) is 6.64. The van der Waals surface area contributed by atoms with Gasteiger partial charge in [0.2, 0.25) is 5.95 Å². The van der Waals surface area contributed by atoms with E-state index in [1.54, 1.807) is 0 Å². The molecule has 1 amide bonds. The molecule has 34 heavy (non-hydrogen) atoms. The van der Waals surface area contributed by atoms with Gasteiger partial charge in [-0.25, -0.2) is 9.97 Å². The second kappa shape index (κ2) is 8.55. The molecule has 2 aromatic rings. The fourth-order valence-electron chi connectivity index (χ4n) is 5.13. The van der Waals surface area contributed by atoms with Crippen LogP contribution in [0.1, 0.15) is 74.0 Å². The minimum absolute atomic E-state index is 0.0264. The first-order valence-corrected chi connectivity index (χ1v) is 12.1. The number of H-pyrrole nitrogens is 1. The van der Waals surface area contributed by atoms with Crippen LogP contribution in [0.15, 0.2) is 12.4 Å². The lowest BCUT2D eigenvalue weighted by molar-refractivity contribution is -0.137. The lowest BCUT2D eigenvalue weighted by Gasteiger charge is -2.36. The molecule has 0 spiro atoms.